The molecule has 8 heteroatoms. The summed E-state index contributed by atoms with van der Waals surface area (Å²) in [6.45, 7) is 0. The molecular weight excluding hydrogens is 434 g/mol. The largest absolute Gasteiger partial charge is 0.497 e. The van der Waals surface area contributed by atoms with Crippen LogP contribution in [0.25, 0.3) is 10.6 Å². The number of aromatic nitrogens is 2. The standard InChI is InChI=1S/C25H19N5O2S/c1-32-18-11-9-17(10-12-18)21-14-20(16-6-3-2-4-7-16)29-30(21)25-27-23(22-8-5-13-33-22)19(15-26)24(31)28-25/h2-13,21H,14H2,1H3,(H,27,28,31). The van der Waals surface area contributed by atoms with Crippen LogP contribution in [0, 0.1) is 11.3 Å². The van der Waals surface area contributed by atoms with Crippen molar-refractivity contribution in [1.29, 1.82) is 5.26 Å². The Hall–Kier alpha value is -4.22. The molecule has 0 amide bonds. The monoisotopic (exact) mass is 453 g/mol. The summed E-state index contributed by atoms with van der Waals surface area (Å²) < 4.78 is 5.30. The molecule has 162 valence electrons. The second-order valence-electron chi connectivity index (χ2n) is 7.45. The Balaban J connectivity index is 1.64. The molecule has 1 unspecified atom stereocenters. The fourth-order valence-corrected chi connectivity index (χ4v) is 4.58. The van der Waals surface area contributed by atoms with Gasteiger partial charge in [-0.2, -0.15) is 10.4 Å². The van der Waals surface area contributed by atoms with E-state index in [0.29, 0.717) is 18.1 Å². The number of nitrogens with one attached hydrogen (secondary N) is 1. The molecule has 0 bridgehead atoms. The van der Waals surface area contributed by atoms with Crippen molar-refractivity contribution in [1.82, 2.24) is 9.97 Å². The van der Waals surface area contributed by atoms with Gasteiger partial charge in [-0.1, -0.05) is 48.5 Å². The van der Waals surface area contributed by atoms with Crippen molar-refractivity contribution in [3.63, 3.8) is 0 Å². The van der Waals surface area contributed by atoms with E-state index in [4.69, 9.17) is 14.8 Å². The molecule has 2 aromatic heterocycles. The Morgan fingerprint density at radius 2 is 1.91 bits per heavy atom. The summed E-state index contributed by atoms with van der Waals surface area (Å²) in [5, 5.41) is 18.1. The van der Waals surface area contributed by atoms with Crippen molar-refractivity contribution in [2.75, 3.05) is 12.1 Å². The number of ether oxygens (including phenoxy) is 1. The van der Waals surface area contributed by atoms with Gasteiger partial charge in [0, 0.05) is 6.42 Å². The number of H-pyrrole nitrogens is 1. The predicted octanol–water partition coefficient (Wildman–Crippen LogP) is 4.73. The highest BCUT2D eigenvalue weighted by atomic mass is 32.1. The van der Waals surface area contributed by atoms with Crippen molar-refractivity contribution in [2.45, 2.75) is 12.5 Å². The molecule has 7 nitrogen and oxygen atoms in total. The molecule has 5 rings (SSSR count). The smallest absolute Gasteiger partial charge is 0.270 e. The molecule has 0 saturated carbocycles. The molecule has 0 fully saturated rings. The lowest BCUT2D eigenvalue weighted by Crippen LogP contribution is -2.25. The van der Waals surface area contributed by atoms with Crippen LogP contribution in [-0.4, -0.2) is 22.8 Å². The van der Waals surface area contributed by atoms with Gasteiger partial charge in [0.15, 0.2) is 0 Å². The van der Waals surface area contributed by atoms with Gasteiger partial charge in [-0.25, -0.2) is 9.99 Å². The number of thiophene rings is 1. The number of methoxy groups -OCH3 is 1. The molecular formula is C25H19N5O2S. The van der Waals surface area contributed by atoms with Crippen molar-refractivity contribution in [3.05, 3.63) is 99.2 Å². The van der Waals surface area contributed by atoms with Crippen molar-refractivity contribution in [2.24, 2.45) is 5.10 Å². The molecule has 4 aromatic rings. The number of anilines is 1. The van der Waals surface area contributed by atoms with Crippen molar-refractivity contribution < 1.29 is 4.74 Å². The summed E-state index contributed by atoms with van der Waals surface area (Å²) in [5.41, 5.74) is 2.78. The van der Waals surface area contributed by atoms with Gasteiger partial charge in [-0.15, -0.1) is 11.3 Å². The van der Waals surface area contributed by atoms with Gasteiger partial charge in [0.2, 0.25) is 5.95 Å². The molecule has 1 N–H and O–H groups in total. The fraction of sp³-hybridized carbons (Fsp3) is 0.120. The quantitative estimate of drug-likeness (QED) is 0.471. The van der Waals surface area contributed by atoms with E-state index in [-0.39, 0.29) is 11.6 Å². The maximum atomic E-state index is 12.8. The number of hydrogen-bond acceptors (Lipinski definition) is 7. The van der Waals surface area contributed by atoms with Gasteiger partial charge in [0.05, 0.1) is 23.7 Å². The summed E-state index contributed by atoms with van der Waals surface area (Å²) in [6.07, 6.45) is 0.633. The predicted molar refractivity (Wildman–Crippen MR) is 129 cm³/mol. The summed E-state index contributed by atoms with van der Waals surface area (Å²) in [6, 6.07) is 23.2. The van der Waals surface area contributed by atoms with E-state index < -0.39 is 5.56 Å². The minimum atomic E-state index is -0.484. The zero-order valence-corrected chi connectivity index (χ0v) is 18.5. The maximum absolute atomic E-state index is 12.8. The number of nitrogens with zero attached hydrogens (tertiary/aromatic N) is 4. The first-order chi connectivity index (χ1) is 16.2. The molecule has 0 aliphatic carbocycles. The van der Waals surface area contributed by atoms with E-state index >= 15 is 0 Å². The number of hydrogen-bond donors (Lipinski definition) is 1. The molecule has 2 aromatic carbocycles. The zero-order chi connectivity index (χ0) is 22.8. The Bertz CT molecular complexity index is 1400. The summed E-state index contributed by atoms with van der Waals surface area (Å²) in [7, 11) is 1.63. The van der Waals surface area contributed by atoms with Crippen LogP contribution in [0.2, 0.25) is 0 Å². The lowest BCUT2D eigenvalue weighted by Gasteiger charge is -2.23. The minimum absolute atomic E-state index is 0.00587. The summed E-state index contributed by atoms with van der Waals surface area (Å²) in [4.78, 5) is 21.0. The third-order valence-electron chi connectivity index (χ3n) is 5.51. The van der Waals surface area contributed by atoms with Gasteiger partial charge in [0.25, 0.3) is 5.56 Å². The average molecular weight is 454 g/mol. The molecule has 0 radical (unpaired) electrons. The van der Waals surface area contributed by atoms with Gasteiger partial charge >= 0.3 is 0 Å². The number of rotatable bonds is 5. The Kier molecular flexibility index (Phi) is 5.47. The molecule has 1 aliphatic rings. The van der Waals surface area contributed by atoms with Crippen LogP contribution in [-0.2, 0) is 0 Å². The number of hydrazone groups is 1. The highest BCUT2D eigenvalue weighted by Crippen LogP contribution is 2.36. The first-order valence-corrected chi connectivity index (χ1v) is 11.2. The topological polar surface area (TPSA) is 94.4 Å². The number of nitriles is 1. The average Bonchev–Trinajstić information content (AvgIpc) is 3.55. The SMILES string of the molecule is COc1ccc(C2CC(c3ccccc3)=NN2c2nc(-c3cccs3)c(C#N)c(=O)[nH]2)cc1. The van der Waals surface area contributed by atoms with Gasteiger partial charge in [-0.05, 0) is 34.7 Å². The van der Waals surface area contributed by atoms with Crippen LogP contribution < -0.4 is 15.3 Å². The Morgan fingerprint density at radius 1 is 1.12 bits per heavy atom. The first-order valence-electron chi connectivity index (χ1n) is 10.3. The molecule has 1 aliphatic heterocycles. The second kappa shape index (κ2) is 8.73. The Labute approximate surface area is 194 Å². The fourth-order valence-electron chi connectivity index (χ4n) is 3.86. The minimum Gasteiger partial charge on any atom is -0.497 e. The highest BCUT2D eigenvalue weighted by Gasteiger charge is 2.32. The molecule has 0 spiro atoms. The van der Waals surface area contributed by atoms with E-state index in [0.717, 1.165) is 27.5 Å². The summed E-state index contributed by atoms with van der Waals surface area (Å²) >= 11 is 1.43. The number of aromatic amines is 1. The lowest BCUT2D eigenvalue weighted by atomic mass is 9.98. The molecule has 1 atom stereocenters. The second-order valence-corrected chi connectivity index (χ2v) is 8.40. The zero-order valence-electron chi connectivity index (χ0n) is 17.7. The molecule has 3 heterocycles. The van der Waals surface area contributed by atoms with Crippen LogP contribution in [0.15, 0.2) is 82.0 Å². The van der Waals surface area contributed by atoms with Crippen LogP contribution in [0.1, 0.15) is 29.2 Å². The Morgan fingerprint density at radius 3 is 2.58 bits per heavy atom. The molecule has 0 saturated heterocycles. The van der Waals surface area contributed by atoms with Gasteiger partial charge < -0.3 is 4.74 Å². The van der Waals surface area contributed by atoms with E-state index in [1.165, 1.54) is 11.3 Å². The van der Waals surface area contributed by atoms with Crippen LogP contribution in [0.4, 0.5) is 5.95 Å². The highest BCUT2D eigenvalue weighted by molar-refractivity contribution is 7.13. The van der Waals surface area contributed by atoms with Gasteiger partial charge in [-0.3, -0.25) is 9.78 Å². The van der Waals surface area contributed by atoms with Gasteiger partial charge in [0.1, 0.15) is 23.1 Å². The van der Waals surface area contributed by atoms with Crippen LogP contribution in [0.5, 0.6) is 5.75 Å². The number of benzene rings is 2. The maximum Gasteiger partial charge on any atom is 0.270 e. The van der Waals surface area contributed by atoms with Crippen molar-refractivity contribution >= 4 is 23.0 Å². The lowest BCUT2D eigenvalue weighted by molar-refractivity contribution is 0.414. The van der Waals surface area contributed by atoms with E-state index in [2.05, 4.69) is 4.98 Å². The molecule has 33 heavy (non-hydrogen) atoms. The first kappa shape index (κ1) is 20.7. The third kappa shape index (κ3) is 3.90. The van der Waals surface area contributed by atoms with E-state index in [1.807, 2.05) is 78.2 Å². The van der Waals surface area contributed by atoms with Crippen LogP contribution >= 0.6 is 11.3 Å². The van der Waals surface area contributed by atoms with Crippen molar-refractivity contribution in [3.8, 4) is 22.4 Å². The summed E-state index contributed by atoms with van der Waals surface area (Å²) in [5.74, 6) is 1.06. The third-order valence-corrected chi connectivity index (χ3v) is 6.38. The van der Waals surface area contributed by atoms with E-state index in [9.17, 15) is 10.1 Å². The normalized spacial score (nSPS) is 15.2. The van der Waals surface area contributed by atoms with E-state index in [1.54, 1.807) is 12.1 Å². The van der Waals surface area contributed by atoms with Crippen LogP contribution in [0.3, 0.4) is 0 Å².